The zero-order valence-corrected chi connectivity index (χ0v) is 14.8. The van der Waals surface area contributed by atoms with Crippen LogP contribution in [-0.4, -0.2) is 63.1 Å². The Hall–Kier alpha value is -1.81. The Bertz CT molecular complexity index is 767. The average Bonchev–Trinajstić information content (AvgIpc) is 3.24. The summed E-state index contributed by atoms with van der Waals surface area (Å²) in [5.74, 6) is 0.694. The van der Waals surface area contributed by atoms with Crippen molar-refractivity contribution in [1.82, 2.24) is 24.6 Å². The van der Waals surface area contributed by atoms with E-state index >= 15 is 0 Å². The fraction of sp³-hybridized carbons (Fsp3) is 0.688. The zero-order valence-electron chi connectivity index (χ0n) is 14.8. The van der Waals surface area contributed by atoms with Gasteiger partial charge in [-0.3, -0.25) is 9.40 Å². The lowest BCUT2D eigenvalue weighted by Crippen LogP contribution is -2.45. The van der Waals surface area contributed by atoms with E-state index in [4.69, 9.17) is 20.0 Å². The lowest BCUT2D eigenvalue weighted by Gasteiger charge is -2.36. The van der Waals surface area contributed by atoms with Gasteiger partial charge in [-0.1, -0.05) is 13.8 Å². The number of methoxy groups -OCH3 is 1. The maximum absolute atomic E-state index is 6.51. The van der Waals surface area contributed by atoms with Crippen LogP contribution in [0.1, 0.15) is 26.5 Å². The maximum Gasteiger partial charge on any atom is 0.167 e. The topological polar surface area (TPSA) is 101 Å². The third kappa shape index (κ3) is 2.42. The normalized spacial score (nSPS) is 32.0. The smallest absolute Gasteiger partial charge is 0.167 e. The SMILES string of the molecule is CC[C@@]12CN(OCCOC)[C@@H]([C@H](n3cnc4c(N)ncnc43)O1)[C@@H]2C. The number of hydroxylamine groups is 2. The highest BCUT2D eigenvalue weighted by Crippen LogP contribution is 2.52. The zero-order chi connectivity index (χ0) is 17.6. The summed E-state index contributed by atoms with van der Waals surface area (Å²) in [5.41, 5.74) is 6.95. The van der Waals surface area contributed by atoms with Gasteiger partial charge in [-0.05, 0) is 6.42 Å². The summed E-state index contributed by atoms with van der Waals surface area (Å²) in [4.78, 5) is 18.7. The van der Waals surface area contributed by atoms with Crippen molar-refractivity contribution in [3.05, 3.63) is 12.7 Å². The molecule has 0 radical (unpaired) electrons. The average molecular weight is 348 g/mol. The highest BCUT2D eigenvalue weighted by molar-refractivity contribution is 5.81. The summed E-state index contributed by atoms with van der Waals surface area (Å²) in [6.45, 7) is 6.20. The van der Waals surface area contributed by atoms with E-state index in [0.29, 0.717) is 36.1 Å². The molecule has 0 aliphatic carbocycles. The number of morpholine rings is 1. The van der Waals surface area contributed by atoms with Crippen LogP contribution in [0.5, 0.6) is 0 Å². The summed E-state index contributed by atoms with van der Waals surface area (Å²) >= 11 is 0. The first-order valence-electron chi connectivity index (χ1n) is 8.60. The number of imidazole rings is 1. The first kappa shape index (κ1) is 16.6. The molecule has 2 aromatic heterocycles. The van der Waals surface area contributed by atoms with E-state index in [0.717, 1.165) is 13.0 Å². The Morgan fingerprint density at radius 3 is 2.92 bits per heavy atom. The van der Waals surface area contributed by atoms with Crippen LogP contribution in [0.4, 0.5) is 5.82 Å². The quantitative estimate of drug-likeness (QED) is 0.771. The van der Waals surface area contributed by atoms with Crippen molar-refractivity contribution in [3.8, 4) is 0 Å². The second kappa shape index (κ2) is 6.17. The summed E-state index contributed by atoms with van der Waals surface area (Å²) in [6.07, 6.45) is 3.86. The van der Waals surface area contributed by atoms with E-state index < -0.39 is 0 Å². The molecule has 0 saturated carbocycles. The summed E-state index contributed by atoms with van der Waals surface area (Å²) in [7, 11) is 1.67. The molecule has 2 aromatic rings. The van der Waals surface area contributed by atoms with E-state index in [1.54, 1.807) is 13.4 Å². The molecule has 0 spiro atoms. The van der Waals surface area contributed by atoms with E-state index in [1.807, 2.05) is 9.63 Å². The minimum Gasteiger partial charge on any atom is -0.382 e. The Labute approximate surface area is 146 Å². The second-order valence-electron chi connectivity index (χ2n) is 6.69. The highest BCUT2D eigenvalue weighted by Gasteiger charge is 2.62. The van der Waals surface area contributed by atoms with Crippen molar-refractivity contribution >= 4 is 17.0 Å². The Morgan fingerprint density at radius 1 is 1.36 bits per heavy atom. The molecule has 0 aromatic carbocycles. The Kier molecular flexibility index (Phi) is 4.11. The predicted octanol–water partition coefficient (Wildman–Crippen LogP) is 0.984. The standard InChI is InChI=1S/C16H24N6O3/c1-4-16-7-22(24-6-5-23-3)12(10(16)2)15(25-16)21-9-20-11-13(17)18-8-19-14(11)21/h8-10,12,15H,4-7H2,1-3H3,(H2,17,18,19)/t10-,12+,15+,16-/m0/s1. The number of aromatic nitrogens is 4. The summed E-state index contributed by atoms with van der Waals surface area (Å²) in [6, 6.07) is 0.0744. The lowest BCUT2D eigenvalue weighted by atomic mass is 9.88. The molecule has 4 heterocycles. The molecule has 4 atom stereocenters. The molecule has 2 saturated heterocycles. The van der Waals surface area contributed by atoms with Crippen molar-refractivity contribution < 1.29 is 14.3 Å². The molecule has 0 unspecified atom stereocenters. The number of fused-ring (bicyclic) bond motifs is 3. The van der Waals surface area contributed by atoms with Gasteiger partial charge in [-0.25, -0.2) is 15.0 Å². The molecule has 2 N–H and O–H groups in total. The van der Waals surface area contributed by atoms with Gasteiger partial charge < -0.3 is 15.2 Å². The van der Waals surface area contributed by atoms with Gasteiger partial charge in [0.05, 0.1) is 37.7 Å². The number of nitrogens with two attached hydrogens (primary N) is 1. The van der Waals surface area contributed by atoms with Gasteiger partial charge in [0.2, 0.25) is 0 Å². The van der Waals surface area contributed by atoms with Gasteiger partial charge in [0, 0.05) is 13.0 Å². The van der Waals surface area contributed by atoms with E-state index in [-0.39, 0.29) is 17.9 Å². The van der Waals surface area contributed by atoms with Gasteiger partial charge in [0.25, 0.3) is 0 Å². The fourth-order valence-electron chi connectivity index (χ4n) is 4.08. The maximum atomic E-state index is 6.51. The molecule has 2 aliphatic rings. The number of nitrogens with zero attached hydrogens (tertiary/aromatic N) is 5. The molecule has 25 heavy (non-hydrogen) atoms. The van der Waals surface area contributed by atoms with Crippen molar-refractivity contribution in [2.75, 3.05) is 32.6 Å². The molecule has 2 bridgehead atoms. The minimum atomic E-state index is -0.239. The van der Waals surface area contributed by atoms with E-state index in [9.17, 15) is 0 Å². The van der Waals surface area contributed by atoms with Crippen molar-refractivity contribution in [2.45, 2.75) is 38.1 Å². The fourth-order valence-corrected chi connectivity index (χ4v) is 4.08. The molecular formula is C16H24N6O3. The Morgan fingerprint density at radius 2 is 2.20 bits per heavy atom. The van der Waals surface area contributed by atoms with Crippen molar-refractivity contribution in [1.29, 1.82) is 0 Å². The van der Waals surface area contributed by atoms with Crippen LogP contribution in [0.15, 0.2) is 12.7 Å². The highest BCUT2D eigenvalue weighted by atomic mass is 16.7. The predicted molar refractivity (Wildman–Crippen MR) is 90.4 cm³/mol. The summed E-state index contributed by atoms with van der Waals surface area (Å²) < 4.78 is 13.6. The van der Waals surface area contributed by atoms with Crippen LogP contribution in [0.25, 0.3) is 11.2 Å². The monoisotopic (exact) mass is 348 g/mol. The number of hydrogen-bond donors (Lipinski definition) is 1. The third-order valence-electron chi connectivity index (χ3n) is 5.55. The number of anilines is 1. The van der Waals surface area contributed by atoms with Gasteiger partial charge in [0.15, 0.2) is 17.7 Å². The van der Waals surface area contributed by atoms with E-state index in [1.165, 1.54) is 6.33 Å². The van der Waals surface area contributed by atoms with Gasteiger partial charge in [-0.2, -0.15) is 5.06 Å². The third-order valence-corrected chi connectivity index (χ3v) is 5.55. The molecule has 136 valence electrons. The minimum absolute atomic E-state index is 0.0744. The largest absolute Gasteiger partial charge is 0.382 e. The second-order valence-corrected chi connectivity index (χ2v) is 6.69. The van der Waals surface area contributed by atoms with Crippen LogP contribution in [-0.2, 0) is 14.3 Å². The number of rotatable bonds is 6. The molecule has 4 rings (SSSR count). The molecule has 2 aliphatic heterocycles. The molecule has 9 heteroatoms. The van der Waals surface area contributed by atoms with Crippen molar-refractivity contribution in [3.63, 3.8) is 0 Å². The van der Waals surface area contributed by atoms with Crippen LogP contribution < -0.4 is 5.73 Å². The molecular weight excluding hydrogens is 324 g/mol. The molecule has 2 fully saturated rings. The number of ether oxygens (including phenoxy) is 2. The van der Waals surface area contributed by atoms with Gasteiger partial charge in [-0.15, -0.1) is 0 Å². The first-order valence-corrected chi connectivity index (χ1v) is 8.60. The van der Waals surface area contributed by atoms with E-state index in [2.05, 4.69) is 28.8 Å². The Balaban J connectivity index is 1.68. The van der Waals surface area contributed by atoms with Crippen LogP contribution in [0.2, 0.25) is 0 Å². The van der Waals surface area contributed by atoms with Gasteiger partial charge >= 0.3 is 0 Å². The van der Waals surface area contributed by atoms with Crippen LogP contribution >= 0.6 is 0 Å². The number of nitrogen functional groups attached to an aromatic ring is 1. The number of hydrogen-bond acceptors (Lipinski definition) is 8. The van der Waals surface area contributed by atoms with Gasteiger partial charge in [0.1, 0.15) is 11.8 Å². The lowest BCUT2D eigenvalue weighted by molar-refractivity contribution is -0.251. The van der Waals surface area contributed by atoms with Crippen LogP contribution in [0, 0.1) is 5.92 Å². The van der Waals surface area contributed by atoms with Crippen molar-refractivity contribution in [2.24, 2.45) is 5.92 Å². The summed E-state index contributed by atoms with van der Waals surface area (Å²) in [5, 5.41) is 2.04. The first-order chi connectivity index (χ1) is 12.1. The van der Waals surface area contributed by atoms with Crippen LogP contribution in [0.3, 0.4) is 0 Å². The molecule has 0 amide bonds. The molecule has 9 nitrogen and oxygen atoms in total.